The Hall–Kier alpha value is -2.30. The second kappa shape index (κ2) is 5.65. The largest absolute Gasteiger partial charge is 0.235 e. The number of aryl methyl sites for hydroxylation is 2. The number of thiophene rings is 2. The Morgan fingerprint density at radius 2 is 1.79 bits per heavy atom. The average Bonchev–Trinajstić information content (AvgIpc) is 3.12. The third-order valence-electron chi connectivity index (χ3n) is 4.30. The molecule has 4 aromatic rings. The van der Waals surface area contributed by atoms with Crippen molar-refractivity contribution < 1.29 is 0 Å². The summed E-state index contributed by atoms with van der Waals surface area (Å²) in [5, 5.41) is 1.33. The molecule has 3 aromatic heterocycles. The van der Waals surface area contributed by atoms with Gasteiger partial charge in [0.05, 0.1) is 20.8 Å². The van der Waals surface area contributed by atoms with Gasteiger partial charge < -0.3 is 0 Å². The fraction of sp³-hybridized carbons (Fsp3) is 0.100. The van der Waals surface area contributed by atoms with E-state index in [1.807, 2.05) is 11.3 Å². The van der Waals surface area contributed by atoms with Crippen molar-refractivity contribution in [1.82, 2.24) is 9.97 Å². The minimum Gasteiger partial charge on any atom is -0.235 e. The molecule has 118 valence electrons. The highest BCUT2D eigenvalue weighted by Gasteiger charge is 2.19. The van der Waals surface area contributed by atoms with Crippen LogP contribution in [-0.4, -0.2) is 9.97 Å². The van der Waals surface area contributed by atoms with Crippen LogP contribution in [0.15, 0.2) is 49.8 Å². The number of nitrogens with zero attached hydrogens (tertiary/aromatic N) is 2. The molecule has 3 heterocycles. The highest BCUT2D eigenvalue weighted by Crippen LogP contribution is 2.45. The van der Waals surface area contributed by atoms with E-state index in [1.54, 1.807) is 23.7 Å². The molecule has 4 rings (SSSR count). The van der Waals surface area contributed by atoms with Crippen LogP contribution in [0.25, 0.3) is 35.6 Å². The van der Waals surface area contributed by atoms with E-state index in [1.165, 1.54) is 31.0 Å². The third kappa shape index (κ3) is 2.14. The third-order valence-corrected chi connectivity index (χ3v) is 7.03. The maximum absolute atomic E-state index is 4.52. The molecular formula is C20H16N2S2. The van der Waals surface area contributed by atoms with Crippen molar-refractivity contribution in [3.05, 3.63) is 66.6 Å². The molecule has 24 heavy (non-hydrogen) atoms. The number of allylic oxidation sites excluding steroid dienone is 2. The lowest BCUT2D eigenvalue weighted by Crippen LogP contribution is -1.88. The second-order valence-corrected chi connectivity index (χ2v) is 7.81. The van der Waals surface area contributed by atoms with Crippen LogP contribution in [-0.2, 0) is 0 Å². The zero-order valence-corrected chi connectivity index (χ0v) is 15.2. The van der Waals surface area contributed by atoms with E-state index in [-0.39, 0.29) is 0 Å². The summed E-state index contributed by atoms with van der Waals surface area (Å²) in [5.74, 6) is 0. The van der Waals surface area contributed by atoms with E-state index in [4.69, 9.17) is 0 Å². The van der Waals surface area contributed by atoms with E-state index in [0.717, 1.165) is 21.5 Å². The fourth-order valence-corrected chi connectivity index (χ4v) is 5.70. The van der Waals surface area contributed by atoms with E-state index < -0.39 is 0 Å². The van der Waals surface area contributed by atoms with Crippen LogP contribution in [0.3, 0.4) is 0 Å². The minimum atomic E-state index is 0.836. The number of fused-ring (bicyclic) bond motifs is 2. The van der Waals surface area contributed by atoms with Gasteiger partial charge in [-0.1, -0.05) is 37.4 Å². The first kappa shape index (κ1) is 15.2. The lowest BCUT2D eigenvalue weighted by Gasteiger charge is -1.99. The summed E-state index contributed by atoms with van der Waals surface area (Å²) in [5.41, 5.74) is 5.28. The highest BCUT2D eigenvalue weighted by atomic mass is 32.1. The molecule has 0 fully saturated rings. The van der Waals surface area contributed by atoms with Crippen molar-refractivity contribution >= 4 is 48.5 Å². The summed E-state index contributed by atoms with van der Waals surface area (Å²) in [4.78, 5) is 11.5. The Kier molecular flexibility index (Phi) is 3.59. The first-order chi connectivity index (χ1) is 11.6. The molecule has 0 saturated carbocycles. The van der Waals surface area contributed by atoms with Crippen LogP contribution in [0.2, 0.25) is 0 Å². The van der Waals surface area contributed by atoms with Gasteiger partial charge in [-0.05, 0) is 42.0 Å². The van der Waals surface area contributed by atoms with Gasteiger partial charge in [0, 0.05) is 9.58 Å². The molecule has 0 spiro atoms. The molecule has 0 amide bonds. The topological polar surface area (TPSA) is 25.8 Å². The first-order valence-corrected chi connectivity index (χ1v) is 9.29. The average molecular weight is 348 g/mol. The van der Waals surface area contributed by atoms with Gasteiger partial charge in [0.25, 0.3) is 0 Å². The predicted molar refractivity (Wildman–Crippen MR) is 107 cm³/mol. The maximum Gasteiger partial charge on any atom is 0.116 e. The molecule has 0 unspecified atom stereocenters. The lowest BCUT2D eigenvalue weighted by molar-refractivity contribution is 1.20. The number of rotatable bonds is 3. The zero-order valence-electron chi connectivity index (χ0n) is 13.6. The summed E-state index contributed by atoms with van der Waals surface area (Å²) >= 11 is 3.60. The van der Waals surface area contributed by atoms with Gasteiger partial charge in [-0.2, -0.15) is 0 Å². The minimum absolute atomic E-state index is 0.836. The normalized spacial score (nSPS) is 11.2. The monoisotopic (exact) mass is 348 g/mol. The Balaban J connectivity index is 2.03. The molecule has 0 N–H and O–H groups in total. The Labute approximate surface area is 148 Å². The summed E-state index contributed by atoms with van der Waals surface area (Å²) < 4.78 is 2.41. The molecular weight excluding hydrogens is 332 g/mol. The Morgan fingerprint density at radius 1 is 1.04 bits per heavy atom. The molecule has 0 saturated heterocycles. The molecule has 0 aliphatic rings. The summed E-state index contributed by atoms with van der Waals surface area (Å²) in [7, 11) is 0. The van der Waals surface area contributed by atoms with Gasteiger partial charge >= 0.3 is 0 Å². The quantitative estimate of drug-likeness (QED) is 0.401. The molecule has 4 heteroatoms. The standard InChI is InChI=1S/C20H16N2S2/c1-5-11(2)16-20-17(22-10-21-16)13(4)19(24-20)18-12(3)14-8-6-7-9-15(14)23-18/h5-10H,1-2H2,3-4H3. The predicted octanol–water partition coefficient (Wildman–Crippen LogP) is 6.39. The summed E-state index contributed by atoms with van der Waals surface area (Å²) in [6.07, 6.45) is 3.37. The number of hydrogen-bond donors (Lipinski definition) is 0. The summed E-state index contributed by atoms with van der Waals surface area (Å²) in [6, 6.07) is 8.57. The van der Waals surface area contributed by atoms with Crippen LogP contribution in [0, 0.1) is 13.8 Å². The number of aromatic nitrogens is 2. The highest BCUT2D eigenvalue weighted by molar-refractivity contribution is 7.29. The van der Waals surface area contributed by atoms with Crippen molar-refractivity contribution in [3.63, 3.8) is 0 Å². The number of benzene rings is 1. The van der Waals surface area contributed by atoms with Gasteiger partial charge in [0.15, 0.2) is 0 Å². The van der Waals surface area contributed by atoms with E-state index in [0.29, 0.717) is 0 Å². The molecule has 0 atom stereocenters. The van der Waals surface area contributed by atoms with Crippen molar-refractivity contribution in [2.45, 2.75) is 13.8 Å². The van der Waals surface area contributed by atoms with Gasteiger partial charge in [-0.3, -0.25) is 0 Å². The molecule has 1 aromatic carbocycles. The molecule has 0 bridgehead atoms. The van der Waals surface area contributed by atoms with E-state index in [2.05, 4.69) is 61.2 Å². The lowest BCUT2D eigenvalue weighted by atomic mass is 10.1. The molecule has 0 aliphatic carbocycles. The zero-order chi connectivity index (χ0) is 16.8. The SMILES string of the molecule is C=CC(=C)c1ncnc2c(C)c(-c3sc4ccccc4c3C)sc12. The van der Waals surface area contributed by atoms with E-state index in [9.17, 15) is 0 Å². The van der Waals surface area contributed by atoms with Gasteiger partial charge in [0.2, 0.25) is 0 Å². The van der Waals surface area contributed by atoms with Crippen molar-refractivity contribution in [2.75, 3.05) is 0 Å². The van der Waals surface area contributed by atoms with Crippen LogP contribution < -0.4 is 0 Å². The van der Waals surface area contributed by atoms with Gasteiger partial charge in [-0.25, -0.2) is 9.97 Å². The maximum atomic E-state index is 4.52. The molecule has 2 nitrogen and oxygen atoms in total. The Morgan fingerprint density at radius 3 is 2.54 bits per heavy atom. The van der Waals surface area contributed by atoms with Crippen LogP contribution in [0.4, 0.5) is 0 Å². The van der Waals surface area contributed by atoms with Crippen LogP contribution >= 0.6 is 22.7 Å². The van der Waals surface area contributed by atoms with Crippen molar-refractivity contribution in [3.8, 4) is 9.75 Å². The van der Waals surface area contributed by atoms with Crippen LogP contribution in [0.1, 0.15) is 16.8 Å². The number of hydrogen-bond acceptors (Lipinski definition) is 4. The fourth-order valence-electron chi connectivity index (χ4n) is 2.96. The van der Waals surface area contributed by atoms with Crippen LogP contribution in [0.5, 0.6) is 0 Å². The van der Waals surface area contributed by atoms with Crippen molar-refractivity contribution in [1.29, 1.82) is 0 Å². The molecule has 0 aliphatic heterocycles. The first-order valence-electron chi connectivity index (χ1n) is 7.66. The van der Waals surface area contributed by atoms with Gasteiger partial charge in [-0.15, -0.1) is 22.7 Å². The second-order valence-electron chi connectivity index (χ2n) is 5.74. The summed E-state index contributed by atoms with van der Waals surface area (Å²) in [6.45, 7) is 12.2. The van der Waals surface area contributed by atoms with E-state index >= 15 is 0 Å². The van der Waals surface area contributed by atoms with Gasteiger partial charge in [0.1, 0.15) is 6.33 Å². The molecule has 0 radical (unpaired) electrons. The Bertz CT molecular complexity index is 1120. The smallest absolute Gasteiger partial charge is 0.116 e. The van der Waals surface area contributed by atoms with Crippen molar-refractivity contribution in [2.24, 2.45) is 0 Å².